The Balaban J connectivity index is 1.75. The molecule has 0 aliphatic heterocycles. The van der Waals surface area contributed by atoms with E-state index in [0.29, 0.717) is 23.8 Å². The highest BCUT2D eigenvalue weighted by molar-refractivity contribution is 5.86. The molecule has 156 valence electrons. The second-order valence-electron chi connectivity index (χ2n) is 6.82. The molecule has 7 nitrogen and oxygen atoms in total. The van der Waals surface area contributed by atoms with Gasteiger partial charge in [0.05, 0.1) is 13.5 Å². The van der Waals surface area contributed by atoms with Gasteiger partial charge >= 0.3 is 17.6 Å². The van der Waals surface area contributed by atoms with Gasteiger partial charge in [-0.1, -0.05) is 30.3 Å². The Bertz CT molecular complexity index is 1090. The van der Waals surface area contributed by atoms with Crippen LogP contribution < -0.4 is 10.4 Å². The summed E-state index contributed by atoms with van der Waals surface area (Å²) in [5, 5.41) is 10.1. The molecule has 0 saturated heterocycles. The molecule has 3 aromatic rings. The zero-order valence-corrected chi connectivity index (χ0v) is 16.5. The molecule has 1 unspecified atom stereocenters. The molecule has 3 rings (SSSR count). The summed E-state index contributed by atoms with van der Waals surface area (Å²) in [7, 11) is 1.27. The minimum Gasteiger partial charge on any atom is -0.479 e. The molecule has 0 spiro atoms. The second kappa shape index (κ2) is 9.73. The number of benzene rings is 2. The number of carboxylic acid groups (broad SMARTS) is 1. The van der Waals surface area contributed by atoms with E-state index in [1.807, 2.05) is 30.3 Å². The molecular formula is C23H22O7. The lowest BCUT2D eigenvalue weighted by Crippen LogP contribution is -2.27. The monoisotopic (exact) mass is 410 g/mol. The number of hydrogen-bond donors (Lipinski definition) is 1. The van der Waals surface area contributed by atoms with Gasteiger partial charge in [-0.2, -0.15) is 0 Å². The Hall–Kier alpha value is -3.61. The van der Waals surface area contributed by atoms with Crippen LogP contribution in [0.5, 0.6) is 5.75 Å². The van der Waals surface area contributed by atoms with E-state index in [-0.39, 0.29) is 17.8 Å². The van der Waals surface area contributed by atoms with Gasteiger partial charge in [-0.3, -0.25) is 4.79 Å². The Morgan fingerprint density at radius 1 is 1.10 bits per heavy atom. The third kappa shape index (κ3) is 5.47. The quantitative estimate of drug-likeness (QED) is 0.426. The summed E-state index contributed by atoms with van der Waals surface area (Å²) >= 11 is 0. The molecule has 0 saturated carbocycles. The molecule has 0 amide bonds. The number of ether oxygens (including phenoxy) is 2. The van der Waals surface area contributed by atoms with Gasteiger partial charge in [-0.15, -0.1) is 0 Å². The maximum absolute atomic E-state index is 11.8. The summed E-state index contributed by atoms with van der Waals surface area (Å²) in [6.45, 7) is 0. The fourth-order valence-corrected chi connectivity index (χ4v) is 3.19. The number of aliphatic carboxylic acids is 1. The van der Waals surface area contributed by atoms with Crippen LogP contribution in [0.4, 0.5) is 0 Å². The number of carbonyl (C=O) groups is 2. The summed E-state index contributed by atoms with van der Waals surface area (Å²) in [5.74, 6) is -1.27. The van der Waals surface area contributed by atoms with Gasteiger partial charge in [0.15, 0.2) is 6.10 Å². The first-order chi connectivity index (χ1) is 14.5. The molecular weight excluding hydrogens is 388 g/mol. The summed E-state index contributed by atoms with van der Waals surface area (Å²) in [4.78, 5) is 35.0. The Morgan fingerprint density at radius 3 is 2.57 bits per heavy atom. The molecule has 0 aliphatic carbocycles. The van der Waals surface area contributed by atoms with Crippen molar-refractivity contribution in [3.8, 4) is 5.75 Å². The van der Waals surface area contributed by atoms with Gasteiger partial charge in [0.2, 0.25) is 0 Å². The van der Waals surface area contributed by atoms with Crippen LogP contribution in [0.3, 0.4) is 0 Å². The molecule has 7 heteroatoms. The van der Waals surface area contributed by atoms with E-state index in [9.17, 15) is 19.5 Å². The number of carboxylic acids is 1. The van der Waals surface area contributed by atoms with Gasteiger partial charge in [-0.05, 0) is 42.5 Å². The van der Waals surface area contributed by atoms with Crippen LogP contribution in [-0.2, 0) is 27.2 Å². The largest absolute Gasteiger partial charge is 0.479 e. The van der Waals surface area contributed by atoms with Crippen molar-refractivity contribution in [3.05, 3.63) is 76.1 Å². The number of fused-ring (bicyclic) bond motifs is 1. The highest BCUT2D eigenvalue weighted by atomic mass is 16.5. The minimum atomic E-state index is -1.07. The molecule has 0 radical (unpaired) electrons. The lowest BCUT2D eigenvalue weighted by Gasteiger charge is -2.15. The summed E-state index contributed by atoms with van der Waals surface area (Å²) in [5.41, 5.74) is 1.20. The van der Waals surface area contributed by atoms with Gasteiger partial charge < -0.3 is 19.0 Å². The number of hydrogen-bond acceptors (Lipinski definition) is 6. The Labute approximate surface area is 172 Å². The maximum atomic E-state index is 11.8. The Morgan fingerprint density at radius 2 is 1.87 bits per heavy atom. The predicted molar refractivity (Wildman–Crippen MR) is 110 cm³/mol. The molecule has 0 bridgehead atoms. The molecule has 0 fully saturated rings. The number of methoxy groups -OCH3 is 1. The van der Waals surface area contributed by atoms with Crippen molar-refractivity contribution in [2.75, 3.05) is 7.11 Å². The average molecular weight is 410 g/mol. The molecule has 1 aromatic heterocycles. The Kier molecular flexibility index (Phi) is 6.85. The van der Waals surface area contributed by atoms with E-state index >= 15 is 0 Å². The van der Waals surface area contributed by atoms with Crippen molar-refractivity contribution in [1.29, 1.82) is 0 Å². The van der Waals surface area contributed by atoms with E-state index in [1.54, 1.807) is 12.1 Å². The predicted octanol–water partition coefficient (Wildman–Crippen LogP) is 3.36. The minimum absolute atomic E-state index is 0.0734. The van der Waals surface area contributed by atoms with Crippen LogP contribution in [0.2, 0.25) is 0 Å². The van der Waals surface area contributed by atoms with Gasteiger partial charge in [-0.25, -0.2) is 9.59 Å². The van der Waals surface area contributed by atoms with Crippen molar-refractivity contribution in [2.45, 2.75) is 31.8 Å². The summed E-state index contributed by atoms with van der Waals surface area (Å²) in [6.07, 6.45) is 0.616. The molecule has 2 aromatic carbocycles. The van der Waals surface area contributed by atoms with E-state index in [1.165, 1.54) is 19.2 Å². The highest BCUT2D eigenvalue weighted by Crippen LogP contribution is 2.25. The molecule has 0 aliphatic rings. The van der Waals surface area contributed by atoms with E-state index in [0.717, 1.165) is 12.0 Å². The van der Waals surface area contributed by atoms with Crippen molar-refractivity contribution < 1.29 is 28.6 Å². The first-order valence-corrected chi connectivity index (χ1v) is 9.53. The van der Waals surface area contributed by atoms with Gasteiger partial charge in [0.25, 0.3) is 0 Å². The number of rotatable bonds is 9. The van der Waals surface area contributed by atoms with Crippen LogP contribution in [0.1, 0.15) is 24.0 Å². The van der Waals surface area contributed by atoms with Crippen molar-refractivity contribution in [2.24, 2.45) is 0 Å². The number of carbonyl (C=O) groups excluding carboxylic acids is 1. The molecule has 1 heterocycles. The first kappa shape index (κ1) is 21.1. The maximum Gasteiger partial charge on any atom is 0.344 e. The number of aryl methyl sites for hydroxylation is 1. The van der Waals surface area contributed by atoms with E-state index < -0.39 is 23.7 Å². The zero-order valence-electron chi connectivity index (χ0n) is 16.5. The summed E-state index contributed by atoms with van der Waals surface area (Å²) < 4.78 is 15.5. The van der Waals surface area contributed by atoms with Crippen LogP contribution >= 0.6 is 0 Å². The smallest absolute Gasteiger partial charge is 0.344 e. The summed E-state index contributed by atoms with van der Waals surface area (Å²) in [6, 6.07) is 15.7. The highest BCUT2D eigenvalue weighted by Gasteiger charge is 2.20. The normalized spacial score (nSPS) is 11.8. The van der Waals surface area contributed by atoms with Crippen LogP contribution in [0.15, 0.2) is 63.8 Å². The van der Waals surface area contributed by atoms with Gasteiger partial charge in [0, 0.05) is 17.5 Å². The lowest BCUT2D eigenvalue weighted by molar-refractivity contribution is -0.145. The van der Waals surface area contributed by atoms with E-state index in [2.05, 4.69) is 4.74 Å². The average Bonchev–Trinajstić information content (AvgIpc) is 2.73. The lowest BCUT2D eigenvalue weighted by atomic mass is 10.1. The third-order valence-electron chi connectivity index (χ3n) is 4.69. The topological polar surface area (TPSA) is 103 Å². The van der Waals surface area contributed by atoms with Crippen LogP contribution in [0.25, 0.3) is 11.0 Å². The van der Waals surface area contributed by atoms with Crippen LogP contribution in [-0.4, -0.2) is 30.3 Å². The SMILES string of the molecule is COC(=O)Cc1cc(=O)oc2cc(OC(CCCc3ccccc3)C(=O)O)ccc12. The van der Waals surface area contributed by atoms with Crippen LogP contribution in [0, 0.1) is 0 Å². The molecule has 1 N–H and O–H groups in total. The fraction of sp³-hybridized carbons (Fsp3) is 0.261. The number of esters is 1. The standard InChI is InChI=1S/C23H22O7/c1-28-21(24)12-16-13-22(25)30-20-14-17(10-11-18(16)20)29-19(23(26)27)9-5-8-15-6-3-2-4-7-15/h2-4,6-7,10-11,13-14,19H,5,8-9,12H2,1H3,(H,26,27). The third-order valence-corrected chi connectivity index (χ3v) is 4.69. The zero-order chi connectivity index (χ0) is 21.5. The van der Waals surface area contributed by atoms with Crippen molar-refractivity contribution in [1.82, 2.24) is 0 Å². The molecule has 30 heavy (non-hydrogen) atoms. The van der Waals surface area contributed by atoms with Crippen molar-refractivity contribution >= 4 is 22.9 Å². The van der Waals surface area contributed by atoms with Crippen molar-refractivity contribution in [3.63, 3.8) is 0 Å². The second-order valence-corrected chi connectivity index (χ2v) is 6.82. The van der Waals surface area contributed by atoms with E-state index in [4.69, 9.17) is 9.15 Å². The molecule has 1 atom stereocenters. The first-order valence-electron chi connectivity index (χ1n) is 9.53. The fourth-order valence-electron chi connectivity index (χ4n) is 3.19. The van der Waals surface area contributed by atoms with Gasteiger partial charge in [0.1, 0.15) is 11.3 Å².